The minimum absolute atomic E-state index is 0.120. The second-order valence-electron chi connectivity index (χ2n) is 2.83. The lowest BCUT2D eigenvalue weighted by molar-refractivity contribution is 0.648. The number of hydrogen-bond acceptors (Lipinski definition) is 3. The van der Waals surface area contributed by atoms with Gasteiger partial charge in [-0.2, -0.15) is 0 Å². The zero-order valence-corrected chi connectivity index (χ0v) is 9.64. The smallest absolute Gasteiger partial charge is 0.225 e. The van der Waals surface area contributed by atoms with Gasteiger partial charge in [0.15, 0.2) is 0 Å². The Balaban J connectivity index is 2.33. The van der Waals surface area contributed by atoms with Crippen molar-refractivity contribution in [2.24, 2.45) is 0 Å². The van der Waals surface area contributed by atoms with E-state index in [9.17, 15) is 0 Å². The minimum atomic E-state index is 0.120. The number of aromatic nitrogens is 3. The van der Waals surface area contributed by atoms with Crippen molar-refractivity contribution in [2.45, 2.75) is 13.0 Å². The first kappa shape index (κ1) is 9.96. The molecule has 3 nitrogen and oxygen atoms in total. The van der Waals surface area contributed by atoms with Crippen LogP contribution < -0.4 is 0 Å². The van der Waals surface area contributed by atoms with Crippen LogP contribution in [-0.4, -0.2) is 14.8 Å². The number of nitrogens with zero attached hydrogens (tertiary/aromatic N) is 3. The molecule has 1 atom stereocenters. The Hall–Kier alpha value is -0.580. The van der Waals surface area contributed by atoms with Crippen LogP contribution in [0, 0.1) is 0 Å². The maximum Gasteiger partial charge on any atom is 0.225 e. The third-order valence-corrected chi connectivity index (χ3v) is 3.62. The van der Waals surface area contributed by atoms with E-state index in [1.54, 1.807) is 10.9 Å². The summed E-state index contributed by atoms with van der Waals surface area (Å²) >= 11 is 13.2. The van der Waals surface area contributed by atoms with Crippen LogP contribution in [-0.2, 0) is 0 Å². The van der Waals surface area contributed by atoms with E-state index >= 15 is 0 Å². The lowest BCUT2D eigenvalue weighted by atomic mass is 10.3. The molecular weight excluding hydrogens is 241 g/mol. The lowest BCUT2D eigenvalue weighted by Gasteiger charge is -2.10. The van der Waals surface area contributed by atoms with Gasteiger partial charge in [-0.1, -0.05) is 11.6 Å². The van der Waals surface area contributed by atoms with Crippen molar-refractivity contribution in [3.8, 4) is 0 Å². The fraction of sp³-hybridized carbons (Fsp3) is 0.250. The molecule has 0 radical (unpaired) electrons. The molecule has 0 saturated heterocycles. The third-order valence-electron chi connectivity index (χ3n) is 1.95. The van der Waals surface area contributed by atoms with Crippen LogP contribution in [0.2, 0.25) is 9.62 Å². The van der Waals surface area contributed by atoms with Crippen molar-refractivity contribution < 1.29 is 0 Å². The fourth-order valence-electron chi connectivity index (χ4n) is 1.18. The van der Waals surface area contributed by atoms with Crippen molar-refractivity contribution in [1.29, 1.82) is 0 Å². The molecule has 6 heteroatoms. The zero-order chi connectivity index (χ0) is 10.1. The van der Waals surface area contributed by atoms with E-state index in [1.807, 2.05) is 19.1 Å². The lowest BCUT2D eigenvalue weighted by Crippen LogP contribution is -2.03. The number of thiophene rings is 1. The van der Waals surface area contributed by atoms with Crippen LogP contribution in [0.25, 0.3) is 0 Å². The Bertz CT molecular complexity index is 437. The molecule has 1 unspecified atom stereocenters. The second kappa shape index (κ2) is 3.88. The molecule has 2 aromatic heterocycles. The van der Waals surface area contributed by atoms with Crippen LogP contribution >= 0.6 is 34.5 Å². The van der Waals surface area contributed by atoms with Crippen molar-refractivity contribution in [3.05, 3.63) is 33.0 Å². The van der Waals surface area contributed by atoms with Gasteiger partial charge in [0, 0.05) is 4.88 Å². The van der Waals surface area contributed by atoms with Crippen molar-refractivity contribution >= 4 is 34.5 Å². The maximum atomic E-state index is 5.85. The molecule has 0 amide bonds. The Kier molecular flexibility index (Phi) is 2.76. The summed E-state index contributed by atoms with van der Waals surface area (Å²) in [5.74, 6) is 0. The van der Waals surface area contributed by atoms with E-state index in [0.717, 1.165) is 9.21 Å². The molecule has 0 bridgehead atoms. The van der Waals surface area contributed by atoms with Crippen LogP contribution in [0.5, 0.6) is 0 Å². The molecule has 14 heavy (non-hydrogen) atoms. The van der Waals surface area contributed by atoms with Gasteiger partial charge in [-0.3, -0.25) is 4.57 Å². The summed E-state index contributed by atoms with van der Waals surface area (Å²) in [5.41, 5.74) is 0. The maximum absolute atomic E-state index is 5.85. The van der Waals surface area contributed by atoms with Crippen LogP contribution in [0.3, 0.4) is 0 Å². The van der Waals surface area contributed by atoms with Gasteiger partial charge in [-0.25, -0.2) is 0 Å². The Morgan fingerprint density at radius 2 is 2.21 bits per heavy atom. The highest BCUT2D eigenvalue weighted by Crippen LogP contribution is 2.29. The molecule has 0 aliphatic carbocycles. The minimum Gasteiger partial charge on any atom is -0.296 e. The summed E-state index contributed by atoms with van der Waals surface area (Å²) in [4.78, 5) is 1.14. The standard InChI is InChI=1S/C8H7Cl2N3S/c1-5(6-2-3-7(9)14-6)13-4-11-12-8(13)10/h2-5H,1H3. The van der Waals surface area contributed by atoms with E-state index in [4.69, 9.17) is 23.2 Å². The van der Waals surface area contributed by atoms with Gasteiger partial charge >= 0.3 is 0 Å². The predicted molar refractivity (Wildman–Crippen MR) is 58.2 cm³/mol. The van der Waals surface area contributed by atoms with Gasteiger partial charge in [0.1, 0.15) is 6.33 Å². The molecule has 0 spiro atoms. The molecule has 2 heterocycles. The molecule has 0 N–H and O–H groups in total. The molecule has 2 rings (SSSR count). The van der Waals surface area contributed by atoms with Gasteiger partial charge in [-0.05, 0) is 30.7 Å². The summed E-state index contributed by atoms with van der Waals surface area (Å²) in [6, 6.07) is 3.97. The second-order valence-corrected chi connectivity index (χ2v) is 4.91. The van der Waals surface area contributed by atoms with Gasteiger partial charge in [0.05, 0.1) is 10.4 Å². The zero-order valence-electron chi connectivity index (χ0n) is 7.32. The van der Waals surface area contributed by atoms with Crippen molar-refractivity contribution in [1.82, 2.24) is 14.8 Å². The van der Waals surface area contributed by atoms with Crippen molar-refractivity contribution in [2.75, 3.05) is 0 Å². The van der Waals surface area contributed by atoms with Gasteiger partial charge in [-0.15, -0.1) is 21.5 Å². The SMILES string of the molecule is CC(c1ccc(Cl)s1)n1cnnc1Cl. The molecule has 0 aromatic carbocycles. The Labute approximate surface area is 95.3 Å². The van der Waals surface area contributed by atoms with Crippen LogP contribution in [0.15, 0.2) is 18.5 Å². The fourth-order valence-corrected chi connectivity index (χ4v) is 2.52. The summed E-state index contributed by atoms with van der Waals surface area (Å²) in [7, 11) is 0. The summed E-state index contributed by atoms with van der Waals surface area (Å²) in [5, 5.41) is 7.84. The summed E-state index contributed by atoms with van der Waals surface area (Å²) < 4.78 is 2.57. The van der Waals surface area contributed by atoms with Crippen LogP contribution in [0.4, 0.5) is 0 Å². The average Bonchev–Trinajstić information content (AvgIpc) is 2.73. The highest BCUT2D eigenvalue weighted by Gasteiger charge is 2.13. The van der Waals surface area contributed by atoms with E-state index in [-0.39, 0.29) is 6.04 Å². The Morgan fingerprint density at radius 3 is 2.71 bits per heavy atom. The first-order chi connectivity index (χ1) is 6.68. The van der Waals surface area contributed by atoms with E-state index in [2.05, 4.69) is 10.2 Å². The third kappa shape index (κ3) is 1.78. The van der Waals surface area contributed by atoms with E-state index in [1.165, 1.54) is 11.3 Å². The Morgan fingerprint density at radius 1 is 1.43 bits per heavy atom. The number of hydrogen-bond donors (Lipinski definition) is 0. The largest absolute Gasteiger partial charge is 0.296 e. The number of rotatable bonds is 2. The quantitative estimate of drug-likeness (QED) is 0.816. The van der Waals surface area contributed by atoms with Gasteiger partial charge in [0.2, 0.25) is 5.28 Å². The number of halogens is 2. The molecule has 74 valence electrons. The first-order valence-corrected chi connectivity index (χ1v) is 5.56. The highest BCUT2D eigenvalue weighted by atomic mass is 35.5. The molecule has 0 saturated carbocycles. The van der Waals surface area contributed by atoms with E-state index in [0.29, 0.717) is 5.28 Å². The predicted octanol–water partition coefficient (Wildman–Crippen LogP) is 3.26. The van der Waals surface area contributed by atoms with Crippen LogP contribution in [0.1, 0.15) is 17.8 Å². The van der Waals surface area contributed by atoms with E-state index < -0.39 is 0 Å². The molecule has 2 aromatic rings. The average molecular weight is 248 g/mol. The normalized spacial score (nSPS) is 13.1. The van der Waals surface area contributed by atoms with Gasteiger partial charge < -0.3 is 0 Å². The first-order valence-electron chi connectivity index (χ1n) is 3.98. The monoisotopic (exact) mass is 247 g/mol. The highest BCUT2D eigenvalue weighted by molar-refractivity contribution is 7.16. The molecule has 0 aliphatic rings. The summed E-state index contributed by atoms with van der Waals surface area (Å²) in [6.07, 6.45) is 1.61. The van der Waals surface area contributed by atoms with Crippen molar-refractivity contribution in [3.63, 3.8) is 0 Å². The molecule has 0 fully saturated rings. The summed E-state index contributed by atoms with van der Waals surface area (Å²) in [6.45, 7) is 2.03. The molecular formula is C8H7Cl2N3S. The molecule has 0 aliphatic heterocycles. The van der Waals surface area contributed by atoms with Gasteiger partial charge in [0.25, 0.3) is 0 Å². The topological polar surface area (TPSA) is 30.7 Å².